The van der Waals surface area contributed by atoms with Crippen LogP contribution in [-0.4, -0.2) is 19.2 Å². The number of nitrogens with zero attached hydrogens (tertiary/aromatic N) is 4. The van der Waals surface area contributed by atoms with Crippen molar-refractivity contribution in [2.75, 3.05) is 5.32 Å². The third-order valence-electron chi connectivity index (χ3n) is 4.72. The van der Waals surface area contributed by atoms with Crippen molar-refractivity contribution >= 4 is 11.5 Å². The fraction of sp³-hybridized carbons (Fsp3) is 0.190. The molecule has 0 fully saturated rings. The SMILES string of the molecule is Cc1nn(Cc2ccccc2)c(C)c1CNc1cc(=O)n2ccccc2n1. The number of hydrogen-bond donors (Lipinski definition) is 1. The number of aromatic nitrogens is 4. The Kier molecular flexibility index (Phi) is 4.46. The lowest BCUT2D eigenvalue weighted by molar-refractivity contribution is 0.658. The molecule has 4 aromatic rings. The van der Waals surface area contributed by atoms with Gasteiger partial charge in [-0.25, -0.2) is 4.98 Å². The van der Waals surface area contributed by atoms with E-state index in [9.17, 15) is 4.79 Å². The molecule has 0 aliphatic heterocycles. The zero-order valence-corrected chi connectivity index (χ0v) is 15.4. The Morgan fingerprint density at radius 2 is 1.81 bits per heavy atom. The van der Waals surface area contributed by atoms with Gasteiger partial charge in [-0.05, 0) is 31.5 Å². The van der Waals surface area contributed by atoms with Crippen molar-refractivity contribution in [3.63, 3.8) is 0 Å². The topological polar surface area (TPSA) is 64.2 Å². The maximum Gasteiger partial charge on any atom is 0.259 e. The molecule has 0 radical (unpaired) electrons. The molecule has 1 N–H and O–H groups in total. The van der Waals surface area contributed by atoms with E-state index in [0.717, 1.165) is 23.5 Å². The molecule has 6 heteroatoms. The number of anilines is 1. The predicted molar refractivity (Wildman–Crippen MR) is 106 cm³/mol. The van der Waals surface area contributed by atoms with E-state index >= 15 is 0 Å². The molecule has 6 nitrogen and oxygen atoms in total. The second kappa shape index (κ2) is 7.07. The Morgan fingerprint density at radius 1 is 1.04 bits per heavy atom. The second-order valence-corrected chi connectivity index (χ2v) is 6.55. The highest BCUT2D eigenvalue weighted by molar-refractivity contribution is 5.47. The Morgan fingerprint density at radius 3 is 2.63 bits per heavy atom. The van der Waals surface area contributed by atoms with Crippen molar-refractivity contribution in [1.29, 1.82) is 0 Å². The average molecular weight is 359 g/mol. The van der Waals surface area contributed by atoms with Crippen molar-refractivity contribution in [3.05, 3.63) is 93.7 Å². The molecule has 0 atom stereocenters. The largest absolute Gasteiger partial charge is 0.366 e. The van der Waals surface area contributed by atoms with Gasteiger partial charge < -0.3 is 5.32 Å². The van der Waals surface area contributed by atoms with E-state index < -0.39 is 0 Å². The van der Waals surface area contributed by atoms with Crippen LogP contribution in [0.5, 0.6) is 0 Å². The van der Waals surface area contributed by atoms with Gasteiger partial charge in [0, 0.05) is 30.1 Å². The summed E-state index contributed by atoms with van der Waals surface area (Å²) in [5.74, 6) is 0.570. The van der Waals surface area contributed by atoms with Crippen LogP contribution in [0.1, 0.15) is 22.5 Å². The normalized spacial score (nSPS) is 11.0. The highest BCUT2D eigenvalue weighted by Gasteiger charge is 2.12. The molecule has 136 valence electrons. The molecular formula is C21H21N5O. The fourth-order valence-electron chi connectivity index (χ4n) is 3.22. The van der Waals surface area contributed by atoms with Crippen LogP contribution >= 0.6 is 0 Å². The number of nitrogens with one attached hydrogen (secondary N) is 1. The number of pyridine rings is 1. The quantitative estimate of drug-likeness (QED) is 0.594. The predicted octanol–water partition coefficient (Wildman–Crippen LogP) is 3.17. The summed E-state index contributed by atoms with van der Waals surface area (Å²) in [7, 11) is 0. The molecule has 0 bridgehead atoms. The van der Waals surface area contributed by atoms with Crippen molar-refractivity contribution in [3.8, 4) is 0 Å². The number of rotatable bonds is 5. The highest BCUT2D eigenvalue weighted by atomic mass is 16.1. The van der Waals surface area contributed by atoms with Crippen LogP contribution in [-0.2, 0) is 13.1 Å². The van der Waals surface area contributed by atoms with Crippen LogP contribution in [0.4, 0.5) is 5.82 Å². The first-order valence-electron chi connectivity index (χ1n) is 8.91. The lowest BCUT2D eigenvalue weighted by Crippen LogP contribution is -2.15. The first-order valence-corrected chi connectivity index (χ1v) is 8.91. The minimum atomic E-state index is -0.101. The summed E-state index contributed by atoms with van der Waals surface area (Å²) >= 11 is 0. The van der Waals surface area contributed by atoms with Crippen molar-refractivity contribution in [1.82, 2.24) is 19.2 Å². The van der Waals surface area contributed by atoms with E-state index in [-0.39, 0.29) is 5.56 Å². The van der Waals surface area contributed by atoms with Gasteiger partial charge in [-0.1, -0.05) is 36.4 Å². The first-order chi connectivity index (χ1) is 13.1. The van der Waals surface area contributed by atoms with Crippen LogP contribution in [0.2, 0.25) is 0 Å². The van der Waals surface area contributed by atoms with Gasteiger partial charge >= 0.3 is 0 Å². The Hall–Kier alpha value is -3.41. The molecule has 4 rings (SSSR count). The van der Waals surface area contributed by atoms with Crippen LogP contribution in [0.15, 0.2) is 65.6 Å². The molecule has 0 spiro atoms. The molecule has 0 saturated carbocycles. The van der Waals surface area contributed by atoms with E-state index in [1.165, 1.54) is 16.0 Å². The number of benzene rings is 1. The van der Waals surface area contributed by atoms with E-state index in [0.29, 0.717) is 18.0 Å². The Balaban J connectivity index is 1.56. The molecule has 27 heavy (non-hydrogen) atoms. The van der Waals surface area contributed by atoms with Gasteiger partial charge in [-0.2, -0.15) is 5.10 Å². The maximum atomic E-state index is 12.2. The van der Waals surface area contributed by atoms with Crippen molar-refractivity contribution in [2.24, 2.45) is 0 Å². The molecule has 0 unspecified atom stereocenters. The summed E-state index contributed by atoms with van der Waals surface area (Å²) in [4.78, 5) is 16.7. The smallest absolute Gasteiger partial charge is 0.259 e. The van der Waals surface area contributed by atoms with Crippen molar-refractivity contribution in [2.45, 2.75) is 26.9 Å². The summed E-state index contributed by atoms with van der Waals surface area (Å²) in [5.41, 5.74) is 4.96. The lowest BCUT2D eigenvalue weighted by Gasteiger charge is -2.08. The van der Waals surface area contributed by atoms with Gasteiger partial charge in [0.25, 0.3) is 5.56 Å². The van der Waals surface area contributed by atoms with Crippen LogP contribution < -0.4 is 10.9 Å². The summed E-state index contributed by atoms with van der Waals surface area (Å²) in [6, 6.07) is 17.3. The molecular weight excluding hydrogens is 338 g/mol. The van der Waals surface area contributed by atoms with Crippen LogP contribution in [0.3, 0.4) is 0 Å². The summed E-state index contributed by atoms with van der Waals surface area (Å²) < 4.78 is 3.55. The van der Waals surface area contributed by atoms with Gasteiger partial charge in [-0.3, -0.25) is 13.9 Å². The zero-order chi connectivity index (χ0) is 18.8. The molecule has 0 saturated heterocycles. The molecule has 3 aromatic heterocycles. The molecule has 0 aliphatic rings. The summed E-state index contributed by atoms with van der Waals surface area (Å²) in [6.07, 6.45) is 1.72. The van der Waals surface area contributed by atoms with Gasteiger partial charge in [0.15, 0.2) is 0 Å². The molecule has 3 heterocycles. The molecule has 0 amide bonds. The van der Waals surface area contributed by atoms with E-state index in [1.54, 1.807) is 6.20 Å². The maximum absolute atomic E-state index is 12.2. The summed E-state index contributed by atoms with van der Waals surface area (Å²) in [5, 5.41) is 7.95. The minimum Gasteiger partial charge on any atom is -0.366 e. The minimum absolute atomic E-state index is 0.101. The molecule has 1 aromatic carbocycles. The number of hydrogen-bond acceptors (Lipinski definition) is 4. The van der Waals surface area contributed by atoms with E-state index in [2.05, 4.69) is 34.5 Å². The van der Waals surface area contributed by atoms with Crippen LogP contribution in [0, 0.1) is 13.8 Å². The first kappa shape index (κ1) is 17.0. The monoisotopic (exact) mass is 359 g/mol. The van der Waals surface area contributed by atoms with Gasteiger partial charge in [0.1, 0.15) is 11.5 Å². The van der Waals surface area contributed by atoms with Crippen LogP contribution in [0.25, 0.3) is 5.65 Å². The van der Waals surface area contributed by atoms with E-state index in [4.69, 9.17) is 0 Å². The Labute approximate surface area is 157 Å². The average Bonchev–Trinajstić information content (AvgIpc) is 2.94. The van der Waals surface area contributed by atoms with Gasteiger partial charge in [0.2, 0.25) is 0 Å². The standard InChI is InChI=1S/C21H21N5O/c1-15-18(16(2)26(24-15)14-17-8-4-3-5-9-17)13-22-19-12-21(27)25-11-7-6-10-20(25)23-19/h3-12,22H,13-14H2,1-2H3. The van der Waals surface area contributed by atoms with Crippen molar-refractivity contribution < 1.29 is 0 Å². The fourth-order valence-corrected chi connectivity index (χ4v) is 3.22. The number of fused-ring (bicyclic) bond motifs is 1. The molecule has 0 aliphatic carbocycles. The van der Waals surface area contributed by atoms with Gasteiger partial charge in [-0.15, -0.1) is 0 Å². The van der Waals surface area contributed by atoms with E-state index in [1.807, 2.05) is 48.0 Å². The second-order valence-electron chi connectivity index (χ2n) is 6.55. The number of aryl methyl sites for hydroxylation is 1. The lowest BCUT2D eigenvalue weighted by atomic mass is 10.2. The Bertz CT molecular complexity index is 1140. The third kappa shape index (κ3) is 3.46. The third-order valence-corrected chi connectivity index (χ3v) is 4.72. The van der Waals surface area contributed by atoms with Gasteiger partial charge in [0.05, 0.1) is 12.2 Å². The highest BCUT2D eigenvalue weighted by Crippen LogP contribution is 2.16. The zero-order valence-electron chi connectivity index (χ0n) is 15.4. The summed E-state index contributed by atoms with van der Waals surface area (Å²) in [6.45, 7) is 5.39.